The molecule has 1 heterocycles. The van der Waals surface area contributed by atoms with E-state index in [4.69, 9.17) is 9.84 Å². The zero-order valence-corrected chi connectivity index (χ0v) is 10.6. The maximum atomic E-state index is 11.5. The summed E-state index contributed by atoms with van der Waals surface area (Å²) in [6.07, 6.45) is 3.87. The van der Waals surface area contributed by atoms with Crippen LogP contribution in [0.5, 0.6) is 0 Å². The number of rotatable bonds is 4. The van der Waals surface area contributed by atoms with E-state index in [1.54, 1.807) is 0 Å². The third-order valence-corrected chi connectivity index (χ3v) is 2.37. The molecule has 0 aromatic heterocycles. The topological polar surface area (TPSA) is 78.9 Å². The lowest BCUT2D eigenvalue weighted by Gasteiger charge is -2.24. The standard InChI is InChI=1S/C10H16N2O4.CH2F2/c1-11-10(15)12(5-2-6-13)9-4-3-8(7-14)16-9;2-1-3/h2,5-6,8-9,14H,3-4,7H2,1H3,(H,11,15);1H2/b5-2-;. The molecule has 1 aliphatic heterocycles. The predicted octanol–water partition coefficient (Wildman–Crippen LogP) is 0.721. The highest BCUT2D eigenvalue weighted by Gasteiger charge is 2.30. The molecule has 0 bridgehead atoms. The number of carbonyl (C=O) groups excluding carboxylic acids is 2. The van der Waals surface area contributed by atoms with Crippen LogP contribution in [0.4, 0.5) is 13.6 Å². The molecule has 19 heavy (non-hydrogen) atoms. The molecular weight excluding hydrogens is 262 g/mol. The summed E-state index contributed by atoms with van der Waals surface area (Å²) in [5.74, 6) is 0. The van der Waals surface area contributed by atoms with Gasteiger partial charge < -0.3 is 15.2 Å². The molecule has 0 aromatic carbocycles. The summed E-state index contributed by atoms with van der Waals surface area (Å²) in [7, 11) is 1.50. The Morgan fingerprint density at radius 3 is 2.58 bits per heavy atom. The van der Waals surface area contributed by atoms with Gasteiger partial charge in [-0.15, -0.1) is 0 Å². The number of allylic oxidation sites excluding steroid dienone is 1. The number of nitrogens with one attached hydrogen (secondary N) is 1. The number of urea groups is 1. The second-order valence-electron chi connectivity index (χ2n) is 3.51. The van der Waals surface area contributed by atoms with Gasteiger partial charge in [-0.25, -0.2) is 13.6 Å². The van der Waals surface area contributed by atoms with Gasteiger partial charge in [0.2, 0.25) is 6.93 Å². The second kappa shape index (κ2) is 10.4. The van der Waals surface area contributed by atoms with Crippen molar-refractivity contribution in [2.24, 2.45) is 0 Å². The van der Waals surface area contributed by atoms with E-state index in [9.17, 15) is 18.4 Å². The van der Waals surface area contributed by atoms with Crippen LogP contribution in [0.2, 0.25) is 0 Å². The Morgan fingerprint density at radius 1 is 1.53 bits per heavy atom. The van der Waals surface area contributed by atoms with Crippen LogP contribution < -0.4 is 5.32 Å². The summed E-state index contributed by atoms with van der Waals surface area (Å²) in [6.45, 7) is -1.81. The van der Waals surface area contributed by atoms with Crippen LogP contribution in [-0.4, -0.2) is 55.2 Å². The van der Waals surface area contributed by atoms with Crippen molar-refractivity contribution in [3.8, 4) is 0 Å². The van der Waals surface area contributed by atoms with E-state index in [0.29, 0.717) is 19.1 Å². The van der Waals surface area contributed by atoms with Gasteiger partial charge in [0, 0.05) is 13.2 Å². The number of hydrogen-bond donors (Lipinski definition) is 2. The van der Waals surface area contributed by atoms with Gasteiger partial charge in [-0.3, -0.25) is 9.69 Å². The SMILES string of the molecule is CNC(=O)N(/C=C\C=O)C1CCC(CO)O1.FCF. The maximum Gasteiger partial charge on any atom is 0.323 e. The predicted molar refractivity (Wildman–Crippen MR) is 63.6 cm³/mol. The van der Waals surface area contributed by atoms with Gasteiger partial charge in [0.25, 0.3) is 0 Å². The van der Waals surface area contributed by atoms with Gasteiger partial charge in [-0.05, 0) is 18.9 Å². The molecular formula is C11H18F2N2O4. The molecule has 0 radical (unpaired) electrons. The molecule has 2 amide bonds. The van der Waals surface area contributed by atoms with Gasteiger partial charge in [-0.1, -0.05) is 0 Å². The molecule has 0 spiro atoms. The van der Waals surface area contributed by atoms with Crippen LogP contribution in [0.3, 0.4) is 0 Å². The third-order valence-electron chi connectivity index (χ3n) is 2.37. The summed E-state index contributed by atoms with van der Waals surface area (Å²) >= 11 is 0. The smallest absolute Gasteiger partial charge is 0.323 e. The fourth-order valence-corrected chi connectivity index (χ4v) is 1.58. The molecule has 1 aliphatic rings. The molecule has 6 nitrogen and oxygen atoms in total. The van der Waals surface area contributed by atoms with Crippen molar-refractivity contribution in [1.29, 1.82) is 0 Å². The van der Waals surface area contributed by atoms with E-state index in [1.807, 2.05) is 0 Å². The Labute approximate surface area is 110 Å². The molecule has 1 rings (SSSR count). The normalized spacial score (nSPS) is 21.7. The Morgan fingerprint density at radius 2 is 2.16 bits per heavy atom. The fraction of sp³-hybridized carbons (Fsp3) is 0.636. The van der Waals surface area contributed by atoms with E-state index >= 15 is 0 Å². The molecule has 110 valence electrons. The number of aliphatic hydroxyl groups excluding tert-OH is 1. The number of amides is 2. The lowest BCUT2D eigenvalue weighted by atomic mass is 10.2. The highest BCUT2D eigenvalue weighted by atomic mass is 19.3. The number of carbonyl (C=O) groups is 2. The third kappa shape index (κ3) is 6.25. The zero-order valence-electron chi connectivity index (χ0n) is 10.6. The fourth-order valence-electron chi connectivity index (χ4n) is 1.58. The number of alkyl halides is 2. The molecule has 2 N–H and O–H groups in total. The van der Waals surface area contributed by atoms with Crippen LogP contribution in [0.25, 0.3) is 0 Å². The first-order chi connectivity index (χ1) is 9.14. The summed E-state index contributed by atoms with van der Waals surface area (Å²) in [5.41, 5.74) is 0. The van der Waals surface area contributed by atoms with Crippen molar-refractivity contribution in [3.63, 3.8) is 0 Å². The van der Waals surface area contributed by atoms with Crippen molar-refractivity contribution >= 4 is 12.3 Å². The summed E-state index contributed by atoms with van der Waals surface area (Å²) in [5, 5.41) is 11.4. The highest BCUT2D eigenvalue weighted by molar-refractivity contribution is 5.76. The number of nitrogens with zero attached hydrogens (tertiary/aromatic N) is 1. The number of aliphatic hydroxyl groups is 1. The van der Waals surface area contributed by atoms with E-state index in [1.165, 1.54) is 24.2 Å². The van der Waals surface area contributed by atoms with Gasteiger partial charge in [0.1, 0.15) is 12.5 Å². The first-order valence-electron chi connectivity index (χ1n) is 5.64. The summed E-state index contributed by atoms with van der Waals surface area (Å²) in [4.78, 5) is 23.0. The molecule has 0 saturated carbocycles. The quantitative estimate of drug-likeness (QED) is 0.587. The van der Waals surface area contributed by atoms with E-state index in [2.05, 4.69) is 5.32 Å². The largest absolute Gasteiger partial charge is 0.394 e. The first kappa shape index (κ1) is 17.5. The molecule has 1 fully saturated rings. The van der Waals surface area contributed by atoms with Crippen LogP contribution in [0.15, 0.2) is 12.3 Å². The minimum atomic E-state index is -1.75. The molecule has 2 atom stereocenters. The molecule has 0 aliphatic carbocycles. The van der Waals surface area contributed by atoms with Crippen LogP contribution in [0, 0.1) is 0 Å². The van der Waals surface area contributed by atoms with Crippen molar-refractivity contribution in [1.82, 2.24) is 10.2 Å². The van der Waals surface area contributed by atoms with Crippen LogP contribution in [0.1, 0.15) is 12.8 Å². The molecule has 2 unspecified atom stereocenters. The van der Waals surface area contributed by atoms with E-state index in [-0.39, 0.29) is 18.7 Å². The maximum absolute atomic E-state index is 11.5. The minimum absolute atomic E-state index is 0.0600. The number of halogens is 2. The Balaban J connectivity index is 0.000000982. The summed E-state index contributed by atoms with van der Waals surface area (Å²) < 4.78 is 24.7. The molecule has 0 aromatic rings. The van der Waals surface area contributed by atoms with Gasteiger partial charge in [0.15, 0.2) is 0 Å². The van der Waals surface area contributed by atoms with Gasteiger partial charge >= 0.3 is 6.03 Å². The second-order valence-corrected chi connectivity index (χ2v) is 3.51. The monoisotopic (exact) mass is 280 g/mol. The summed E-state index contributed by atoms with van der Waals surface area (Å²) in [6, 6.07) is -0.346. The minimum Gasteiger partial charge on any atom is -0.394 e. The average Bonchev–Trinajstić information content (AvgIpc) is 2.88. The number of aldehydes is 1. The lowest BCUT2D eigenvalue weighted by molar-refractivity contribution is -0.104. The Bertz CT molecular complexity index is 302. The highest BCUT2D eigenvalue weighted by Crippen LogP contribution is 2.22. The van der Waals surface area contributed by atoms with Gasteiger partial charge in [-0.2, -0.15) is 0 Å². The number of hydrogen-bond acceptors (Lipinski definition) is 4. The van der Waals surface area contributed by atoms with Crippen LogP contribution >= 0.6 is 0 Å². The molecule has 8 heteroatoms. The Hall–Kier alpha value is -1.54. The van der Waals surface area contributed by atoms with Crippen molar-refractivity contribution in [2.45, 2.75) is 25.2 Å². The molecule has 1 saturated heterocycles. The van der Waals surface area contributed by atoms with Gasteiger partial charge in [0.05, 0.1) is 12.7 Å². The van der Waals surface area contributed by atoms with Crippen LogP contribution in [-0.2, 0) is 9.53 Å². The Kier molecular flexibility index (Phi) is 9.55. The van der Waals surface area contributed by atoms with E-state index < -0.39 is 13.2 Å². The van der Waals surface area contributed by atoms with Crippen molar-refractivity contribution < 1.29 is 28.2 Å². The van der Waals surface area contributed by atoms with Crippen molar-refractivity contribution in [2.75, 3.05) is 20.6 Å². The lowest BCUT2D eigenvalue weighted by Crippen LogP contribution is -2.41. The average molecular weight is 280 g/mol. The number of ether oxygens (including phenoxy) is 1. The van der Waals surface area contributed by atoms with E-state index in [0.717, 1.165) is 0 Å². The van der Waals surface area contributed by atoms with Crippen molar-refractivity contribution in [3.05, 3.63) is 12.3 Å². The first-order valence-corrected chi connectivity index (χ1v) is 5.64. The zero-order chi connectivity index (χ0) is 14.7.